The van der Waals surface area contributed by atoms with Crippen LogP contribution in [0.15, 0.2) is 54.9 Å². The highest BCUT2D eigenvalue weighted by atomic mass is 32.2. The molecule has 25 heavy (non-hydrogen) atoms. The van der Waals surface area contributed by atoms with Crippen LogP contribution >= 0.6 is 11.8 Å². The molecule has 1 aromatic heterocycles. The van der Waals surface area contributed by atoms with E-state index in [0.717, 1.165) is 37.4 Å². The summed E-state index contributed by atoms with van der Waals surface area (Å²) >= 11 is 1.65. The Bertz CT molecular complexity index is 645. The molecule has 0 saturated carbocycles. The maximum Gasteiger partial charge on any atom is 0.230 e. The molecule has 1 aromatic carbocycles. The van der Waals surface area contributed by atoms with E-state index >= 15 is 0 Å². The van der Waals surface area contributed by atoms with E-state index in [9.17, 15) is 4.79 Å². The van der Waals surface area contributed by atoms with Crippen LogP contribution in [0, 0.1) is 5.92 Å². The molecular weight excluding hydrogens is 332 g/mol. The summed E-state index contributed by atoms with van der Waals surface area (Å²) in [5, 5.41) is 3.23. The number of benzene rings is 1. The lowest BCUT2D eigenvalue weighted by molar-refractivity contribution is -0.120. The molecule has 0 spiro atoms. The first kappa shape index (κ1) is 18.0. The number of nitrogens with one attached hydrogen (secondary N) is 1. The molecule has 132 valence electrons. The van der Waals surface area contributed by atoms with Crippen LogP contribution in [0.5, 0.6) is 0 Å². The van der Waals surface area contributed by atoms with Crippen molar-refractivity contribution in [3.63, 3.8) is 0 Å². The number of pyridine rings is 1. The van der Waals surface area contributed by atoms with Gasteiger partial charge in [-0.15, -0.1) is 11.8 Å². The fraction of sp³-hybridized carbons (Fsp3) is 0.400. The van der Waals surface area contributed by atoms with Gasteiger partial charge < -0.3 is 10.1 Å². The van der Waals surface area contributed by atoms with E-state index < -0.39 is 0 Å². The smallest absolute Gasteiger partial charge is 0.230 e. The standard InChI is InChI=1S/C20H24N2O2S/c23-19(15-25-14-16-5-2-1-3-6-16)22-20(17-8-11-24-12-9-17)18-7-4-10-21-13-18/h1-7,10,13,17,20H,8-9,11-12,14-15H2,(H,22,23). The first-order chi connectivity index (χ1) is 12.3. The van der Waals surface area contributed by atoms with Crippen molar-refractivity contribution in [3.8, 4) is 0 Å². The fourth-order valence-electron chi connectivity index (χ4n) is 3.13. The predicted molar refractivity (Wildman–Crippen MR) is 101 cm³/mol. The molecule has 2 aromatic rings. The molecule has 4 nitrogen and oxygen atoms in total. The molecule has 1 aliphatic heterocycles. The topological polar surface area (TPSA) is 51.2 Å². The Labute approximate surface area is 153 Å². The molecule has 1 atom stereocenters. The minimum absolute atomic E-state index is 0.0161. The lowest BCUT2D eigenvalue weighted by atomic mass is 9.87. The summed E-state index contributed by atoms with van der Waals surface area (Å²) in [6.45, 7) is 1.53. The molecule has 1 amide bonds. The van der Waals surface area contributed by atoms with Crippen molar-refractivity contribution in [2.24, 2.45) is 5.92 Å². The quantitative estimate of drug-likeness (QED) is 0.823. The van der Waals surface area contributed by atoms with Gasteiger partial charge >= 0.3 is 0 Å². The molecule has 3 rings (SSSR count). The summed E-state index contributed by atoms with van der Waals surface area (Å²) in [5.41, 5.74) is 2.32. The van der Waals surface area contributed by atoms with Crippen molar-refractivity contribution < 1.29 is 9.53 Å². The van der Waals surface area contributed by atoms with Gasteiger partial charge in [0.1, 0.15) is 0 Å². The van der Waals surface area contributed by atoms with Crippen LogP contribution in [0.2, 0.25) is 0 Å². The molecule has 1 saturated heterocycles. The lowest BCUT2D eigenvalue weighted by Gasteiger charge is -2.31. The third-order valence-corrected chi connectivity index (χ3v) is 5.45. The van der Waals surface area contributed by atoms with Gasteiger partial charge in [-0.3, -0.25) is 9.78 Å². The number of thioether (sulfide) groups is 1. The molecule has 5 heteroatoms. The summed E-state index contributed by atoms with van der Waals surface area (Å²) in [6, 6.07) is 14.2. The van der Waals surface area contributed by atoms with Crippen LogP contribution in [-0.2, 0) is 15.3 Å². The number of hydrogen-bond donors (Lipinski definition) is 1. The van der Waals surface area contributed by atoms with Gasteiger partial charge in [0.05, 0.1) is 11.8 Å². The molecule has 0 bridgehead atoms. The van der Waals surface area contributed by atoms with Gasteiger partial charge in [-0.1, -0.05) is 36.4 Å². The van der Waals surface area contributed by atoms with E-state index in [1.807, 2.05) is 36.5 Å². The Morgan fingerprint density at radius 3 is 2.72 bits per heavy atom. The Balaban J connectivity index is 1.56. The lowest BCUT2D eigenvalue weighted by Crippen LogP contribution is -2.37. The largest absolute Gasteiger partial charge is 0.381 e. The SMILES string of the molecule is O=C(CSCc1ccccc1)NC(c1cccnc1)C1CCOCC1. The molecule has 1 N–H and O–H groups in total. The van der Waals surface area contributed by atoms with E-state index in [2.05, 4.69) is 22.4 Å². The molecule has 1 aliphatic rings. The zero-order valence-corrected chi connectivity index (χ0v) is 15.1. The van der Waals surface area contributed by atoms with E-state index in [0.29, 0.717) is 11.7 Å². The van der Waals surface area contributed by atoms with Gasteiger partial charge in [0, 0.05) is 31.4 Å². The van der Waals surface area contributed by atoms with Crippen LogP contribution in [0.1, 0.15) is 30.0 Å². The minimum Gasteiger partial charge on any atom is -0.381 e. The highest BCUT2D eigenvalue weighted by Crippen LogP contribution is 2.29. The number of rotatable bonds is 7. The van der Waals surface area contributed by atoms with Crippen LogP contribution < -0.4 is 5.32 Å². The summed E-state index contributed by atoms with van der Waals surface area (Å²) in [7, 11) is 0. The van der Waals surface area contributed by atoms with Crippen molar-refractivity contribution in [1.29, 1.82) is 0 Å². The third kappa shape index (κ3) is 5.58. The summed E-state index contributed by atoms with van der Waals surface area (Å²) in [6.07, 6.45) is 5.56. The van der Waals surface area contributed by atoms with Gasteiger partial charge in [-0.2, -0.15) is 0 Å². The normalized spacial score (nSPS) is 16.3. The Kier molecular flexibility index (Phi) is 6.89. The first-order valence-electron chi connectivity index (χ1n) is 8.71. The predicted octanol–water partition coefficient (Wildman–Crippen LogP) is 3.60. The molecular formula is C20H24N2O2S. The second kappa shape index (κ2) is 9.59. The Morgan fingerprint density at radius 1 is 1.20 bits per heavy atom. The number of carbonyl (C=O) groups is 1. The number of hydrogen-bond acceptors (Lipinski definition) is 4. The van der Waals surface area contributed by atoms with Crippen LogP contribution in [-0.4, -0.2) is 29.9 Å². The van der Waals surface area contributed by atoms with E-state index in [1.165, 1.54) is 5.56 Å². The van der Waals surface area contributed by atoms with Gasteiger partial charge in [-0.25, -0.2) is 0 Å². The van der Waals surface area contributed by atoms with E-state index in [1.54, 1.807) is 18.0 Å². The Hall–Kier alpha value is -1.85. The fourth-order valence-corrected chi connectivity index (χ4v) is 3.93. The van der Waals surface area contributed by atoms with E-state index in [4.69, 9.17) is 4.74 Å². The van der Waals surface area contributed by atoms with Crippen LogP contribution in [0.25, 0.3) is 0 Å². The average molecular weight is 356 g/mol. The Morgan fingerprint density at radius 2 is 2.00 bits per heavy atom. The maximum atomic E-state index is 12.5. The number of nitrogens with zero attached hydrogens (tertiary/aromatic N) is 1. The van der Waals surface area contributed by atoms with Gasteiger partial charge in [0.25, 0.3) is 0 Å². The molecule has 1 unspecified atom stereocenters. The number of aromatic nitrogens is 1. The summed E-state index contributed by atoms with van der Waals surface area (Å²) < 4.78 is 5.47. The number of ether oxygens (including phenoxy) is 1. The van der Waals surface area contributed by atoms with Crippen molar-refractivity contribution in [2.75, 3.05) is 19.0 Å². The monoisotopic (exact) mass is 356 g/mol. The van der Waals surface area contributed by atoms with Crippen molar-refractivity contribution in [3.05, 3.63) is 66.0 Å². The molecule has 1 fully saturated rings. The number of amides is 1. The zero-order valence-electron chi connectivity index (χ0n) is 14.3. The van der Waals surface area contributed by atoms with Crippen molar-refractivity contribution in [2.45, 2.75) is 24.6 Å². The summed E-state index contributed by atoms with van der Waals surface area (Å²) in [5.74, 6) is 1.81. The highest BCUT2D eigenvalue weighted by Gasteiger charge is 2.27. The second-order valence-corrected chi connectivity index (χ2v) is 7.25. The van der Waals surface area contributed by atoms with Crippen molar-refractivity contribution in [1.82, 2.24) is 10.3 Å². The summed E-state index contributed by atoms with van der Waals surface area (Å²) in [4.78, 5) is 16.7. The second-order valence-electron chi connectivity index (χ2n) is 6.26. The minimum atomic E-state index is 0.0161. The zero-order chi connectivity index (χ0) is 17.3. The first-order valence-corrected chi connectivity index (χ1v) is 9.87. The molecule has 0 radical (unpaired) electrons. The van der Waals surface area contributed by atoms with Gasteiger partial charge in [0.15, 0.2) is 0 Å². The highest BCUT2D eigenvalue weighted by molar-refractivity contribution is 7.99. The van der Waals surface area contributed by atoms with Crippen LogP contribution in [0.3, 0.4) is 0 Å². The average Bonchev–Trinajstić information content (AvgIpc) is 2.68. The van der Waals surface area contributed by atoms with Gasteiger partial charge in [-0.05, 0) is 36.0 Å². The maximum absolute atomic E-state index is 12.5. The van der Waals surface area contributed by atoms with E-state index in [-0.39, 0.29) is 11.9 Å². The molecule has 0 aliphatic carbocycles. The van der Waals surface area contributed by atoms with Crippen molar-refractivity contribution >= 4 is 17.7 Å². The molecule has 2 heterocycles. The van der Waals surface area contributed by atoms with Gasteiger partial charge in [0.2, 0.25) is 5.91 Å². The number of carbonyl (C=O) groups excluding carboxylic acids is 1. The third-order valence-electron chi connectivity index (χ3n) is 4.44. The van der Waals surface area contributed by atoms with Crippen LogP contribution in [0.4, 0.5) is 0 Å².